The Hall–Kier alpha value is -3.36. The van der Waals surface area contributed by atoms with Crippen molar-refractivity contribution in [3.05, 3.63) is 77.9 Å². The van der Waals surface area contributed by atoms with Crippen LogP contribution in [-0.4, -0.2) is 73.0 Å². The number of halogens is 4. The van der Waals surface area contributed by atoms with Gasteiger partial charge in [0.1, 0.15) is 28.4 Å². The minimum absolute atomic E-state index is 0.219. The summed E-state index contributed by atoms with van der Waals surface area (Å²) >= 11 is 6.39. The zero-order valence-electron chi connectivity index (χ0n) is 24.8. The van der Waals surface area contributed by atoms with E-state index in [0.29, 0.717) is 54.1 Å². The summed E-state index contributed by atoms with van der Waals surface area (Å²) in [6.45, 7) is 4.23. The molecule has 9 nitrogen and oxygen atoms in total. The second kappa shape index (κ2) is 13.2. The number of hydrogen-bond acceptors (Lipinski definition) is 7. The van der Waals surface area contributed by atoms with Crippen LogP contribution in [-0.2, 0) is 10.0 Å². The molecule has 0 spiro atoms. The van der Waals surface area contributed by atoms with Gasteiger partial charge in [-0.1, -0.05) is 30.3 Å². The van der Waals surface area contributed by atoms with Gasteiger partial charge in [0.2, 0.25) is 10.0 Å². The average molecular weight is 667 g/mol. The summed E-state index contributed by atoms with van der Waals surface area (Å²) in [6.07, 6.45) is -4.04. The van der Waals surface area contributed by atoms with Crippen molar-refractivity contribution in [2.24, 2.45) is 0 Å². The quantitative estimate of drug-likeness (QED) is 0.233. The van der Waals surface area contributed by atoms with Crippen molar-refractivity contribution < 1.29 is 35.9 Å². The highest BCUT2D eigenvalue weighted by Gasteiger charge is 2.48. The number of alkyl halides is 4. The summed E-state index contributed by atoms with van der Waals surface area (Å²) in [6, 6.07) is 17.2. The van der Waals surface area contributed by atoms with Gasteiger partial charge in [-0.3, -0.25) is 4.79 Å². The first-order valence-electron chi connectivity index (χ1n) is 14.4. The molecule has 3 aromatic rings. The number of benzene rings is 3. The van der Waals surface area contributed by atoms with Crippen LogP contribution in [0.1, 0.15) is 35.7 Å². The number of piperidine rings is 1. The highest BCUT2D eigenvalue weighted by molar-refractivity contribution is 7.89. The molecule has 0 bridgehead atoms. The first-order valence-corrected chi connectivity index (χ1v) is 16.3. The fraction of sp³-hybridized carbons (Fsp3) is 0.387. The Kier molecular flexibility index (Phi) is 9.66. The van der Waals surface area contributed by atoms with Crippen LogP contribution < -0.4 is 20.2 Å². The summed E-state index contributed by atoms with van der Waals surface area (Å²) < 4.78 is 76.1. The monoisotopic (exact) mass is 666 g/mol. The average Bonchev–Trinajstić information content (AvgIpc) is 3.24. The lowest BCUT2D eigenvalue weighted by molar-refractivity contribution is -0.274. The van der Waals surface area contributed by atoms with Crippen LogP contribution in [0.15, 0.2) is 66.7 Å². The standard InChI is InChI=1S/C31H34ClF3N4O5S/c1-19-6-4-9-26(27(19)21-10-12-24(13-11-21)44-31(33,34)35)30(40)36-22-7-5-8-25(18-22)43-23-14-16-39(17-15-23)45(41,42)28-20(2)37-38(3)29(28)32/h4-13,18,20,23,28-29,37H,14-17H2,1-3H3,(H,36,40). The third kappa shape index (κ3) is 7.55. The predicted molar refractivity (Wildman–Crippen MR) is 166 cm³/mol. The van der Waals surface area contributed by atoms with E-state index in [9.17, 15) is 26.4 Å². The highest BCUT2D eigenvalue weighted by Crippen LogP contribution is 2.33. The molecule has 2 fully saturated rings. The van der Waals surface area contributed by atoms with Crippen LogP contribution in [0.5, 0.6) is 11.5 Å². The number of hydrazine groups is 1. The molecule has 5 rings (SSSR count). The fourth-order valence-electron chi connectivity index (χ4n) is 5.80. The molecule has 2 saturated heterocycles. The van der Waals surface area contributed by atoms with Gasteiger partial charge in [-0.15, -0.1) is 24.8 Å². The third-order valence-corrected chi connectivity index (χ3v) is 11.1. The van der Waals surface area contributed by atoms with E-state index in [2.05, 4.69) is 15.5 Å². The molecule has 0 radical (unpaired) electrons. The smallest absolute Gasteiger partial charge is 0.490 e. The van der Waals surface area contributed by atoms with Gasteiger partial charge in [0, 0.05) is 43.5 Å². The highest BCUT2D eigenvalue weighted by atomic mass is 35.5. The Morgan fingerprint density at radius 3 is 2.31 bits per heavy atom. The lowest BCUT2D eigenvalue weighted by Gasteiger charge is -2.34. The zero-order chi connectivity index (χ0) is 32.5. The van der Waals surface area contributed by atoms with Crippen LogP contribution >= 0.6 is 11.6 Å². The molecular weight excluding hydrogens is 633 g/mol. The van der Waals surface area contributed by atoms with Crippen molar-refractivity contribution in [1.82, 2.24) is 14.7 Å². The number of ether oxygens (including phenoxy) is 2. The van der Waals surface area contributed by atoms with Crippen molar-refractivity contribution in [3.63, 3.8) is 0 Å². The molecule has 14 heteroatoms. The molecule has 2 aliphatic heterocycles. The molecule has 45 heavy (non-hydrogen) atoms. The van der Waals surface area contributed by atoms with Gasteiger partial charge < -0.3 is 14.8 Å². The van der Waals surface area contributed by atoms with Gasteiger partial charge in [-0.05, 0) is 73.7 Å². The Morgan fingerprint density at radius 2 is 1.69 bits per heavy atom. The third-order valence-electron chi connectivity index (χ3n) is 7.93. The van der Waals surface area contributed by atoms with E-state index in [1.807, 2.05) is 13.0 Å². The van der Waals surface area contributed by atoms with Crippen LogP contribution in [0.3, 0.4) is 0 Å². The van der Waals surface area contributed by atoms with E-state index in [1.54, 1.807) is 55.4 Å². The van der Waals surface area contributed by atoms with Gasteiger partial charge in [0.05, 0.1) is 0 Å². The van der Waals surface area contributed by atoms with Crippen LogP contribution in [0.2, 0.25) is 0 Å². The summed E-state index contributed by atoms with van der Waals surface area (Å²) in [5.74, 6) is -0.235. The molecule has 2 aliphatic rings. The van der Waals surface area contributed by atoms with E-state index >= 15 is 0 Å². The first kappa shape index (κ1) is 33.0. The minimum atomic E-state index is -4.80. The maximum atomic E-state index is 13.4. The maximum absolute atomic E-state index is 13.4. The van der Waals surface area contributed by atoms with E-state index in [-0.39, 0.29) is 17.9 Å². The number of anilines is 1. The number of sulfonamides is 1. The number of carbonyl (C=O) groups is 1. The molecule has 3 atom stereocenters. The molecule has 3 aromatic carbocycles. The summed E-state index contributed by atoms with van der Waals surface area (Å²) in [5, 5.41) is 3.73. The Bertz CT molecular complexity index is 1630. The molecule has 0 aliphatic carbocycles. The summed E-state index contributed by atoms with van der Waals surface area (Å²) in [4.78, 5) is 13.4. The van der Waals surface area contributed by atoms with Gasteiger partial charge in [-0.2, -0.15) is 0 Å². The van der Waals surface area contributed by atoms with Gasteiger partial charge in [0.25, 0.3) is 5.91 Å². The summed E-state index contributed by atoms with van der Waals surface area (Å²) in [7, 11) is -1.91. The lowest BCUT2D eigenvalue weighted by atomic mass is 9.94. The van der Waals surface area contributed by atoms with Gasteiger partial charge in [0.15, 0.2) is 0 Å². The van der Waals surface area contributed by atoms with Crippen molar-refractivity contribution in [2.45, 2.75) is 55.9 Å². The SMILES string of the molecule is Cc1cccc(C(=O)Nc2cccc(OC3CCN(S(=O)(=O)C4C(C)NN(C)C4Cl)CC3)c2)c1-c1ccc(OC(F)(F)F)cc1. The number of rotatable bonds is 8. The molecule has 0 aromatic heterocycles. The number of hydrogen-bond donors (Lipinski definition) is 2. The van der Waals surface area contributed by atoms with Gasteiger partial charge in [-0.25, -0.2) is 23.2 Å². The topological polar surface area (TPSA) is 100 Å². The Balaban J connectivity index is 1.23. The molecule has 2 N–H and O–H groups in total. The summed E-state index contributed by atoms with van der Waals surface area (Å²) in [5.41, 5.74) is 5.12. The Morgan fingerprint density at radius 1 is 1.02 bits per heavy atom. The van der Waals surface area contributed by atoms with Crippen LogP contribution in [0, 0.1) is 6.92 Å². The first-order chi connectivity index (χ1) is 21.2. The zero-order valence-corrected chi connectivity index (χ0v) is 26.4. The fourth-order valence-corrected chi connectivity index (χ4v) is 8.57. The van der Waals surface area contributed by atoms with E-state index < -0.39 is 33.0 Å². The number of aryl methyl sites for hydroxylation is 1. The molecule has 2 heterocycles. The van der Waals surface area contributed by atoms with Gasteiger partial charge >= 0.3 is 6.36 Å². The largest absolute Gasteiger partial charge is 0.573 e. The molecule has 0 saturated carbocycles. The Labute approximate surface area is 265 Å². The van der Waals surface area contributed by atoms with Crippen molar-refractivity contribution in [1.29, 1.82) is 0 Å². The van der Waals surface area contributed by atoms with Crippen molar-refractivity contribution in [2.75, 3.05) is 25.5 Å². The number of amides is 1. The minimum Gasteiger partial charge on any atom is -0.490 e. The van der Waals surface area contributed by atoms with Crippen LogP contribution in [0.25, 0.3) is 11.1 Å². The molecule has 3 unspecified atom stereocenters. The van der Waals surface area contributed by atoms with E-state index in [4.69, 9.17) is 16.3 Å². The number of nitrogens with one attached hydrogen (secondary N) is 2. The number of nitrogens with zero attached hydrogens (tertiary/aromatic N) is 2. The van der Waals surface area contributed by atoms with Crippen molar-refractivity contribution in [3.8, 4) is 22.6 Å². The normalized spacial score (nSPS) is 21.9. The number of carbonyl (C=O) groups excluding carboxylic acids is 1. The van der Waals surface area contributed by atoms with E-state index in [1.165, 1.54) is 28.6 Å². The second-order valence-corrected chi connectivity index (χ2v) is 13.7. The lowest BCUT2D eigenvalue weighted by Crippen LogP contribution is -2.50. The predicted octanol–water partition coefficient (Wildman–Crippen LogP) is 5.76. The van der Waals surface area contributed by atoms with E-state index in [0.717, 1.165) is 5.56 Å². The maximum Gasteiger partial charge on any atom is 0.573 e. The second-order valence-electron chi connectivity index (χ2n) is 11.2. The molecule has 1 amide bonds. The van der Waals surface area contributed by atoms with Crippen molar-refractivity contribution >= 4 is 33.2 Å². The molecular formula is C31H34ClF3N4O5S. The van der Waals surface area contributed by atoms with Crippen LogP contribution in [0.4, 0.5) is 18.9 Å². The molecule has 242 valence electrons.